The van der Waals surface area contributed by atoms with Crippen LogP contribution >= 0.6 is 23.2 Å². The molecule has 0 bridgehead atoms. The number of aliphatic hydroxyl groups excluding tert-OH is 1. The molecule has 1 unspecified atom stereocenters. The third kappa shape index (κ3) is 2.15. The zero-order valence-corrected chi connectivity index (χ0v) is 9.18. The van der Waals surface area contributed by atoms with Crippen LogP contribution in [0, 0.1) is 0 Å². The van der Waals surface area contributed by atoms with Crippen molar-refractivity contribution in [2.45, 2.75) is 12.3 Å². The Morgan fingerprint density at radius 1 is 1.50 bits per heavy atom. The van der Waals surface area contributed by atoms with Crippen LogP contribution in [0.2, 0.25) is 10.3 Å². The van der Waals surface area contributed by atoms with Gasteiger partial charge in [-0.1, -0.05) is 30.1 Å². The van der Waals surface area contributed by atoms with E-state index in [1.165, 1.54) is 0 Å². The lowest BCUT2D eigenvalue weighted by atomic mass is 9.85. The molecule has 1 heterocycles. The second-order valence-electron chi connectivity index (χ2n) is 3.29. The van der Waals surface area contributed by atoms with Gasteiger partial charge in [-0.2, -0.15) is 0 Å². The molecule has 0 saturated heterocycles. The fourth-order valence-corrected chi connectivity index (χ4v) is 1.50. The van der Waals surface area contributed by atoms with Crippen LogP contribution in [0.3, 0.4) is 0 Å². The number of nitrogens with two attached hydrogens (primary N) is 1. The van der Waals surface area contributed by atoms with Crippen molar-refractivity contribution in [2.75, 3.05) is 13.2 Å². The molecule has 6 heteroatoms. The molecule has 0 radical (unpaired) electrons. The van der Waals surface area contributed by atoms with Crippen molar-refractivity contribution in [1.82, 2.24) is 10.2 Å². The lowest BCUT2D eigenvalue weighted by Crippen LogP contribution is -2.36. The number of nitrogens with zero attached hydrogens (tertiary/aromatic N) is 2. The van der Waals surface area contributed by atoms with Gasteiger partial charge in [-0.15, -0.1) is 10.2 Å². The van der Waals surface area contributed by atoms with Gasteiger partial charge < -0.3 is 10.8 Å². The van der Waals surface area contributed by atoms with Gasteiger partial charge in [-0.25, -0.2) is 0 Å². The van der Waals surface area contributed by atoms with Gasteiger partial charge in [0.05, 0.1) is 6.61 Å². The van der Waals surface area contributed by atoms with E-state index in [4.69, 9.17) is 28.9 Å². The van der Waals surface area contributed by atoms with Crippen LogP contribution in [0.25, 0.3) is 0 Å². The topological polar surface area (TPSA) is 72.0 Å². The first kappa shape index (κ1) is 11.7. The maximum absolute atomic E-state index is 9.22. The standard InChI is InChI=1S/C8H11Cl2N3O/c1-8(3-11,4-14)5-2-6(9)12-13-7(5)10/h2,14H,3-4,11H2,1H3. The Morgan fingerprint density at radius 3 is 2.64 bits per heavy atom. The summed E-state index contributed by atoms with van der Waals surface area (Å²) in [5.41, 5.74) is 5.55. The Hall–Kier alpha value is -0.420. The molecule has 0 aliphatic rings. The fraction of sp³-hybridized carbons (Fsp3) is 0.500. The van der Waals surface area contributed by atoms with Crippen molar-refractivity contribution in [1.29, 1.82) is 0 Å². The lowest BCUT2D eigenvalue weighted by molar-refractivity contribution is 0.210. The Kier molecular flexibility index (Phi) is 3.66. The zero-order valence-electron chi connectivity index (χ0n) is 7.67. The number of halogens is 2. The normalized spacial score (nSPS) is 15.2. The van der Waals surface area contributed by atoms with E-state index >= 15 is 0 Å². The second-order valence-corrected chi connectivity index (χ2v) is 4.04. The summed E-state index contributed by atoms with van der Waals surface area (Å²) in [4.78, 5) is 0. The minimum absolute atomic E-state index is 0.120. The summed E-state index contributed by atoms with van der Waals surface area (Å²) in [6.07, 6.45) is 0. The summed E-state index contributed by atoms with van der Waals surface area (Å²) >= 11 is 11.5. The van der Waals surface area contributed by atoms with E-state index in [9.17, 15) is 5.11 Å². The zero-order chi connectivity index (χ0) is 10.8. The van der Waals surface area contributed by atoms with Crippen molar-refractivity contribution < 1.29 is 5.11 Å². The van der Waals surface area contributed by atoms with Crippen LogP contribution in [-0.2, 0) is 5.41 Å². The first-order valence-corrected chi connectivity index (χ1v) is 4.79. The van der Waals surface area contributed by atoms with Gasteiger partial charge in [-0.3, -0.25) is 0 Å². The van der Waals surface area contributed by atoms with Crippen molar-refractivity contribution >= 4 is 23.2 Å². The van der Waals surface area contributed by atoms with E-state index in [2.05, 4.69) is 10.2 Å². The molecule has 1 atom stereocenters. The average Bonchev–Trinajstić information content (AvgIpc) is 2.20. The highest BCUT2D eigenvalue weighted by Gasteiger charge is 2.28. The number of aliphatic hydroxyl groups is 1. The Morgan fingerprint density at radius 2 is 2.14 bits per heavy atom. The molecule has 0 spiro atoms. The maximum Gasteiger partial charge on any atom is 0.155 e. The van der Waals surface area contributed by atoms with Crippen molar-refractivity contribution in [3.05, 3.63) is 21.9 Å². The van der Waals surface area contributed by atoms with Gasteiger partial charge in [0, 0.05) is 17.5 Å². The molecule has 0 amide bonds. The van der Waals surface area contributed by atoms with E-state index in [1.807, 2.05) is 0 Å². The predicted octanol–water partition coefficient (Wildman–Crippen LogP) is 0.992. The highest BCUT2D eigenvalue weighted by atomic mass is 35.5. The van der Waals surface area contributed by atoms with Gasteiger partial charge in [0.15, 0.2) is 10.3 Å². The number of aromatic nitrogens is 2. The Balaban J connectivity index is 3.22. The number of hydrogen-bond donors (Lipinski definition) is 2. The molecular formula is C8H11Cl2N3O. The second kappa shape index (κ2) is 4.40. The molecule has 1 aromatic rings. The van der Waals surface area contributed by atoms with Crippen LogP contribution in [0.15, 0.2) is 6.07 Å². The molecule has 3 N–H and O–H groups in total. The minimum atomic E-state index is -0.628. The van der Waals surface area contributed by atoms with E-state index in [0.29, 0.717) is 5.56 Å². The van der Waals surface area contributed by atoms with Crippen LogP contribution in [0.5, 0.6) is 0 Å². The summed E-state index contributed by atoms with van der Waals surface area (Å²) in [6, 6.07) is 1.57. The smallest absolute Gasteiger partial charge is 0.155 e. The summed E-state index contributed by atoms with van der Waals surface area (Å²) in [6.45, 7) is 1.92. The largest absolute Gasteiger partial charge is 0.395 e. The summed E-state index contributed by atoms with van der Waals surface area (Å²) < 4.78 is 0. The molecule has 14 heavy (non-hydrogen) atoms. The monoisotopic (exact) mass is 235 g/mol. The van der Waals surface area contributed by atoms with Crippen molar-refractivity contribution in [2.24, 2.45) is 5.73 Å². The van der Waals surface area contributed by atoms with E-state index < -0.39 is 5.41 Å². The number of rotatable bonds is 3. The third-order valence-electron chi connectivity index (χ3n) is 2.17. The molecule has 0 aliphatic heterocycles. The molecule has 0 aliphatic carbocycles. The highest BCUT2D eigenvalue weighted by molar-refractivity contribution is 6.31. The van der Waals surface area contributed by atoms with Crippen LogP contribution in [0.4, 0.5) is 0 Å². The summed E-state index contributed by atoms with van der Waals surface area (Å²) in [5, 5.41) is 16.9. The van der Waals surface area contributed by atoms with Crippen LogP contribution < -0.4 is 5.73 Å². The molecule has 4 nitrogen and oxygen atoms in total. The first-order valence-electron chi connectivity index (χ1n) is 4.03. The van der Waals surface area contributed by atoms with E-state index in [-0.39, 0.29) is 23.5 Å². The Labute approximate surface area is 92.0 Å². The average molecular weight is 236 g/mol. The molecule has 1 aromatic heterocycles. The van der Waals surface area contributed by atoms with E-state index in [1.54, 1.807) is 13.0 Å². The molecular weight excluding hydrogens is 225 g/mol. The van der Waals surface area contributed by atoms with Gasteiger partial charge >= 0.3 is 0 Å². The molecule has 1 rings (SSSR count). The molecule has 78 valence electrons. The quantitative estimate of drug-likeness (QED) is 0.820. The summed E-state index contributed by atoms with van der Waals surface area (Å²) in [5.74, 6) is 0. The predicted molar refractivity (Wildman–Crippen MR) is 55.5 cm³/mol. The minimum Gasteiger partial charge on any atom is -0.395 e. The lowest BCUT2D eigenvalue weighted by Gasteiger charge is -2.26. The molecule has 0 saturated carbocycles. The van der Waals surface area contributed by atoms with Gasteiger partial charge in [0.25, 0.3) is 0 Å². The van der Waals surface area contributed by atoms with Gasteiger partial charge in [-0.05, 0) is 6.07 Å². The van der Waals surface area contributed by atoms with Crippen LogP contribution in [0.1, 0.15) is 12.5 Å². The fourth-order valence-electron chi connectivity index (χ4n) is 1.04. The third-order valence-corrected chi connectivity index (χ3v) is 2.63. The van der Waals surface area contributed by atoms with Crippen molar-refractivity contribution in [3.8, 4) is 0 Å². The number of hydrogen-bond acceptors (Lipinski definition) is 4. The maximum atomic E-state index is 9.22. The van der Waals surface area contributed by atoms with Crippen molar-refractivity contribution in [3.63, 3.8) is 0 Å². The summed E-state index contributed by atoms with van der Waals surface area (Å²) in [7, 11) is 0. The molecule has 0 fully saturated rings. The highest BCUT2D eigenvalue weighted by Crippen LogP contribution is 2.28. The molecule has 0 aromatic carbocycles. The van der Waals surface area contributed by atoms with E-state index in [0.717, 1.165) is 0 Å². The SMILES string of the molecule is CC(CN)(CO)c1cc(Cl)nnc1Cl. The Bertz CT molecular complexity index is 328. The van der Waals surface area contributed by atoms with Gasteiger partial charge in [0.2, 0.25) is 0 Å². The first-order chi connectivity index (χ1) is 6.53. The van der Waals surface area contributed by atoms with Gasteiger partial charge in [0.1, 0.15) is 0 Å². The van der Waals surface area contributed by atoms with Crippen LogP contribution in [-0.4, -0.2) is 28.5 Å².